The molecule has 0 spiro atoms. The van der Waals surface area contributed by atoms with Crippen molar-refractivity contribution in [1.29, 1.82) is 0 Å². The minimum Gasteiger partial charge on any atom is -0.394 e. The van der Waals surface area contributed by atoms with E-state index >= 15 is 0 Å². The van der Waals surface area contributed by atoms with E-state index in [0.717, 1.165) is 5.56 Å². The molecule has 1 aromatic rings. The van der Waals surface area contributed by atoms with Gasteiger partial charge in [0.25, 0.3) is 0 Å². The molecular formula is C14H22N2O2. The Labute approximate surface area is 108 Å². The molecule has 1 atom stereocenters. The first-order valence-electron chi connectivity index (χ1n) is 6.19. The zero-order chi connectivity index (χ0) is 13.6. The molecule has 0 saturated carbocycles. The third kappa shape index (κ3) is 4.13. The van der Waals surface area contributed by atoms with Crippen molar-refractivity contribution in [3.63, 3.8) is 0 Å². The van der Waals surface area contributed by atoms with Crippen LogP contribution in [0.3, 0.4) is 0 Å². The number of hydrogen-bond acceptors (Lipinski definition) is 3. The Balaban J connectivity index is 2.64. The van der Waals surface area contributed by atoms with Crippen LogP contribution in [0.5, 0.6) is 0 Å². The van der Waals surface area contributed by atoms with Gasteiger partial charge in [-0.05, 0) is 26.3 Å². The maximum Gasteiger partial charge on any atom is 0.234 e. The number of carbonyl (C=O) groups excluding carboxylic acids is 1. The van der Waals surface area contributed by atoms with Gasteiger partial charge < -0.3 is 10.4 Å². The highest BCUT2D eigenvalue weighted by atomic mass is 16.3. The number of benzene rings is 1. The Morgan fingerprint density at radius 1 is 1.33 bits per heavy atom. The smallest absolute Gasteiger partial charge is 0.234 e. The largest absolute Gasteiger partial charge is 0.394 e. The molecule has 4 nitrogen and oxygen atoms in total. The first-order chi connectivity index (χ1) is 8.48. The minimum absolute atomic E-state index is 0.0635. The zero-order valence-electron chi connectivity index (χ0n) is 11.2. The molecule has 1 unspecified atom stereocenters. The number of aliphatic hydroxyl groups is 1. The molecule has 3 N–H and O–H groups in total. The normalized spacial score (nSPS) is 14.3. The predicted octanol–water partition coefficient (Wildman–Crippen LogP) is 1.01. The lowest BCUT2D eigenvalue weighted by molar-refractivity contribution is -0.121. The summed E-state index contributed by atoms with van der Waals surface area (Å²) in [6.07, 6.45) is 0. The van der Waals surface area contributed by atoms with Gasteiger partial charge in [-0.15, -0.1) is 0 Å². The topological polar surface area (TPSA) is 61.4 Å². The lowest BCUT2D eigenvalue weighted by Crippen LogP contribution is -2.48. The molecule has 4 heteroatoms. The van der Waals surface area contributed by atoms with Crippen molar-refractivity contribution in [1.82, 2.24) is 10.6 Å². The Hall–Kier alpha value is -1.39. The van der Waals surface area contributed by atoms with Crippen molar-refractivity contribution in [3.05, 3.63) is 35.9 Å². The average molecular weight is 250 g/mol. The SMILES string of the molecule is CC(C)NC(=O)CNC(C)(CO)c1ccccc1. The molecule has 0 radical (unpaired) electrons. The molecule has 18 heavy (non-hydrogen) atoms. The van der Waals surface area contributed by atoms with Gasteiger partial charge in [-0.3, -0.25) is 10.1 Å². The number of nitrogens with one attached hydrogen (secondary N) is 2. The summed E-state index contributed by atoms with van der Waals surface area (Å²) >= 11 is 0. The molecule has 0 saturated heterocycles. The van der Waals surface area contributed by atoms with Crippen LogP contribution in [0.1, 0.15) is 26.3 Å². The molecule has 0 bridgehead atoms. The Morgan fingerprint density at radius 3 is 2.44 bits per heavy atom. The fourth-order valence-electron chi connectivity index (χ4n) is 1.70. The standard InChI is InChI=1S/C14H22N2O2/c1-11(2)16-13(18)9-15-14(3,10-17)12-7-5-4-6-8-12/h4-8,11,15,17H,9-10H2,1-3H3,(H,16,18). The minimum atomic E-state index is -0.602. The van der Waals surface area contributed by atoms with Gasteiger partial charge in [0.1, 0.15) is 0 Å². The van der Waals surface area contributed by atoms with Gasteiger partial charge in [0, 0.05) is 6.04 Å². The summed E-state index contributed by atoms with van der Waals surface area (Å²) in [5.74, 6) is -0.0689. The quantitative estimate of drug-likeness (QED) is 0.706. The molecule has 0 aliphatic rings. The van der Waals surface area contributed by atoms with Gasteiger partial charge in [-0.1, -0.05) is 30.3 Å². The van der Waals surface area contributed by atoms with Crippen LogP contribution in [-0.4, -0.2) is 30.2 Å². The first-order valence-corrected chi connectivity index (χ1v) is 6.19. The number of rotatable bonds is 6. The van der Waals surface area contributed by atoms with Crippen LogP contribution in [0.25, 0.3) is 0 Å². The van der Waals surface area contributed by atoms with Crippen LogP contribution in [0, 0.1) is 0 Å². The summed E-state index contributed by atoms with van der Waals surface area (Å²) in [6, 6.07) is 9.74. The van der Waals surface area contributed by atoms with E-state index in [1.807, 2.05) is 51.1 Å². The molecule has 1 amide bonds. The highest BCUT2D eigenvalue weighted by Crippen LogP contribution is 2.19. The van der Waals surface area contributed by atoms with E-state index in [1.54, 1.807) is 0 Å². The number of carbonyl (C=O) groups is 1. The molecule has 1 rings (SSSR count). The van der Waals surface area contributed by atoms with Crippen LogP contribution >= 0.6 is 0 Å². The fourth-order valence-corrected chi connectivity index (χ4v) is 1.70. The van der Waals surface area contributed by atoms with Crippen LogP contribution in [-0.2, 0) is 10.3 Å². The van der Waals surface area contributed by atoms with E-state index in [9.17, 15) is 9.90 Å². The van der Waals surface area contributed by atoms with E-state index < -0.39 is 5.54 Å². The zero-order valence-corrected chi connectivity index (χ0v) is 11.2. The predicted molar refractivity (Wildman–Crippen MR) is 72.2 cm³/mol. The van der Waals surface area contributed by atoms with E-state index in [4.69, 9.17) is 0 Å². The Kier molecular flexibility index (Phi) is 5.31. The van der Waals surface area contributed by atoms with Crippen molar-refractivity contribution >= 4 is 5.91 Å². The van der Waals surface area contributed by atoms with Gasteiger partial charge >= 0.3 is 0 Å². The second-order valence-corrected chi connectivity index (χ2v) is 4.93. The third-order valence-electron chi connectivity index (χ3n) is 2.82. The molecule has 100 valence electrons. The van der Waals surface area contributed by atoms with Gasteiger partial charge in [0.05, 0.1) is 18.7 Å². The number of hydrogen-bond donors (Lipinski definition) is 3. The molecule has 0 aliphatic heterocycles. The first kappa shape index (κ1) is 14.7. The summed E-state index contributed by atoms with van der Waals surface area (Å²) in [5, 5.41) is 15.5. The van der Waals surface area contributed by atoms with Crippen molar-refractivity contribution in [3.8, 4) is 0 Å². The summed E-state index contributed by atoms with van der Waals surface area (Å²) in [6.45, 7) is 5.84. The van der Waals surface area contributed by atoms with Crippen molar-refractivity contribution in [2.75, 3.05) is 13.2 Å². The van der Waals surface area contributed by atoms with E-state index in [0.29, 0.717) is 0 Å². The van der Waals surface area contributed by atoms with Gasteiger partial charge in [0.15, 0.2) is 0 Å². The van der Waals surface area contributed by atoms with Crippen LogP contribution in [0.15, 0.2) is 30.3 Å². The molecule has 0 heterocycles. The molecule has 1 aromatic carbocycles. The third-order valence-corrected chi connectivity index (χ3v) is 2.82. The molecular weight excluding hydrogens is 228 g/mol. The van der Waals surface area contributed by atoms with Gasteiger partial charge in [-0.25, -0.2) is 0 Å². The average Bonchev–Trinajstić information content (AvgIpc) is 2.36. The Morgan fingerprint density at radius 2 is 1.94 bits per heavy atom. The van der Waals surface area contributed by atoms with Crippen LogP contribution < -0.4 is 10.6 Å². The lowest BCUT2D eigenvalue weighted by atomic mass is 9.93. The van der Waals surface area contributed by atoms with Crippen molar-refractivity contribution in [2.24, 2.45) is 0 Å². The molecule has 0 fully saturated rings. The summed E-state index contributed by atoms with van der Waals surface area (Å²) < 4.78 is 0. The van der Waals surface area contributed by atoms with E-state index in [1.165, 1.54) is 0 Å². The maximum absolute atomic E-state index is 11.6. The van der Waals surface area contributed by atoms with Crippen LogP contribution in [0.2, 0.25) is 0 Å². The van der Waals surface area contributed by atoms with Crippen LogP contribution in [0.4, 0.5) is 0 Å². The summed E-state index contributed by atoms with van der Waals surface area (Å²) in [4.78, 5) is 11.6. The van der Waals surface area contributed by atoms with E-state index in [2.05, 4.69) is 10.6 Å². The highest BCUT2D eigenvalue weighted by Gasteiger charge is 2.25. The summed E-state index contributed by atoms with van der Waals surface area (Å²) in [7, 11) is 0. The molecule has 0 aromatic heterocycles. The van der Waals surface area contributed by atoms with E-state index in [-0.39, 0.29) is 25.1 Å². The highest BCUT2D eigenvalue weighted by molar-refractivity contribution is 5.78. The lowest BCUT2D eigenvalue weighted by Gasteiger charge is -2.29. The number of aliphatic hydroxyl groups excluding tert-OH is 1. The van der Waals surface area contributed by atoms with Gasteiger partial charge in [0.2, 0.25) is 5.91 Å². The van der Waals surface area contributed by atoms with Gasteiger partial charge in [-0.2, -0.15) is 0 Å². The monoisotopic (exact) mass is 250 g/mol. The van der Waals surface area contributed by atoms with Crippen molar-refractivity contribution in [2.45, 2.75) is 32.4 Å². The number of amides is 1. The molecule has 0 aliphatic carbocycles. The second kappa shape index (κ2) is 6.52. The Bertz CT molecular complexity index is 379. The van der Waals surface area contributed by atoms with Crippen molar-refractivity contribution < 1.29 is 9.90 Å². The fraction of sp³-hybridized carbons (Fsp3) is 0.500. The second-order valence-electron chi connectivity index (χ2n) is 4.93. The maximum atomic E-state index is 11.6. The summed E-state index contributed by atoms with van der Waals surface area (Å²) in [5.41, 5.74) is 0.361.